The average Bonchev–Trinajstić information content (AvgIpc) is 2.95. The van der Waals surface area contributed by atoms with Crippen molar-refractivity contribution >= 4 is 16.2 Å². The Balaban J connectivity index is 1.85. The van der Waals surface area contributed by atoms with Gasteiger partial charge in [0.2, 0.25) is 5.91 Å². The SMILES string of the molecule is C=C[C@@H]1C[C@@H]1C(=O)NS(=O)(=O)OC1CC1. The lowest BCUT2D eigenvalue weighted by Gasteiger charge is -2.05. The van der Waals surface area contributed by atoms with Crippen LogP contribution in [0.25, 0.3) is 0 Å². The van der Waals surface area contributed by atoms with E-state index in [4.69, 9.17) is 0 Å². The van der Waals surface area contributed by atoms with Crippen LogP contribution in [-0.2, 0) is 19.3 Å². The molecule has 15 heavy (non-hydrogen) atoms. The summed E-state index contributed by atoms with van der Waals surface area (Å²) in [7, 11) is -3.89. The van der Waals surface area contributed by atoms with Crippen LogP contribution in [0.1, 0.15) is 19.3 Å². The molecular formula is C9H13NO4S. The number of rotatable bonds is 5. The van der Waals surface area contributed by atoms with Gasteiger partial charge in [-0.1, -0.05) is 6.08 Å². The molecule has 0 heterocycles. The molecule has 2 fully saturated rings. The fourth-order valence-electron chi connectivity index (χ4n) is 1.34. The van der Waals surface area contributed by atoms with E-state index in [1.165, 1.54) is 0 Å². The maximum atomic E-state index is 11.4. The Labute approximate surface area is 88.8 Å². The van der Waals surface area contributed by atoms with E-state index in [2.05, 4.69) is 10.8 Å². The zero-order valence-electron chi connectivity index (χ0n) is 8.18. The highest BCUT2D eigenvalue weighted by molar-refractivity contribution is 7.85. The topological polar surface area (TPSA) is 72.5 Å². The van der Waals surface area contributed by atoms with Crippen molar-refractivity contribution in [1.29, 1.82) is 0 Å². The van der Waals surface area contributed by atoms with Gasteiger partial charge in [0.15, 0.2) is 0 Å². The summed E-state index contributed by atoms with van der Waals surface area (Å²) in [6, 6.07) is 0. The summed E-state index contributed by atoms with van der Waals surface area (Å²) < 4.78 is 29.1. The number of hydrogen-bond acceptors (Lipinski definition) is 4. The first kappa shape index (κ1) is 10.6. The molecule has 1 amide bonds. The van der Waals surface area contributed by atoms with Crippen molar-refractivity contribution in [3.63, 3.8) is 0 Å². The van der Waals surface area contributed by atoms with Crippen molar-refractivity contribution in [3.8, 4) is 0 Å². The van der Waals surface area contributed by atoms with Gasteiger partial charge in [0.25, 0.3) is 0 Å². The molecule has 6 heteroatoms. The van der Waals surface area contributed by atoms with Gasteiger partial charge in [-0.25, -0.2) is 4.72 Å². The third-order valence-corrected chi connectivity index (χ3v) is 3.47. The summed E-state index contributed by atoms with van der Waals surface area (Å²) in [5, 5.41) is 0. The maximum absolute atomic E-state index is 11.4. The molecule has 5 nitrogen and oxygen atoms in total. The molecule has 2 rings (SSSR count). The largest absolute Gasteiger partial charge is 0.362 e. The third kappa shape index (κ3) is 2.79. The number of carbonyl (C=O) groups excluding carboxylic acids is 1. The monoisotopic (exact) mass is 231 g/mol. The van der Waals surface area contributed by atoms with E-state index in [0.29, 0.717) is 6.42 Å². The van der Waals surface area contributed by atoms with Crippen molar-refractivity contribution in [2.75, 3.05) is 0 Å². The zero-order chi connectivity index (χ0) is 11.1. The van der Waals surface area contributed by atoms with Crippen LogP contribution in [0.3, 0.4) is 0 Å². The molecule has 1 N–H and O–H groups in total. The van der Waals surface area contributed by atoms with Gasteiger partial charge in [0.05, 0.1) is 6.10 Å². The lowest BCUT2D eigenvalue weighted by atomic mass is 10.3. The van der Waals surface area contributed by atoms with E-state index in [1.807, 2.05) is 4.72 Å². The van der Waals surface area contributed by atoms with E-state index in [9.17, 15) is 13.2 Å². The normalized spacial score (nSPS) is 29.6. The van der Waals surface area contributed by atoms with Gasteiger partial charge in [0, 0.05) is 5.92 Å². The summed E-state index contributed by atoms with van der Waals surface area (Å²) in [5.41, 5.74) is 0. The van der Waals surface area contributed by atoms with E-state index >= 15 is 0 Å². The standard InChI is InChI=1S/C9H13NO4S/c1-2-6-5-8(6)9(11)10-15(12,13)14-7-3-4-7/h2,6-8H,1,3-5H2,(H,10,11)/t6-,8+/m1/s1. The van der Waals surface area contributed by atoms with Crippen LogP contribution in [0.5, 0.6) is 0 Å². The average molecular weight is 231 g/mol. The minimum atomic E-state index is -3.89. The maximum Gasteiger partial charge on any atom is 0.362 e. The first-order valence-corrected chi connectivity index (χ1v) is 6.30. The number of allylic oxidation sites excluding steroid dienone is 1. The van der Waals surface area contributed by atoms with Crippen molar-refractivity contribution in [3.05, 3.63) is 12.7 Å². The van der Waals surface area contributed by atoms with Crippen LogP contribution >= 0.6 is 0 Å². The van der Waals surface area contributed by atoms with Crippen LogP contribution in [-0.4, -0.2) is 20.4 Å². The minimum Gasteiger partial charge on any atom is -0.274 e. The Morgan fingerprint density at radius 1 is 1.47 bits per heavy atom. The van der Waals surface area contributed by atoms with Gasteiger partial charge in [0.1, 0.15) is 0 Å². The van der Waals surface area contributed by atoms with Gasteiger partial charge < -0.3 is 0 Å². The smallest absolute Gasteiger partial charge is 0.274 e. The molecule has 0 radical (unpaired) electrons. The highest BCUT2D eigenvalue weighted by Crippen LogP contribution is 2.39. The first-order chi connectivity index (χ1) is 7.02. The molecule has 2 saturated carbocycles. The molecule has 0 aromatic heterocycles. The predicted molar refractivity (Wildman–Crippen MR) is 53.0 cm³/mol. The molecule has 0 aromatic rings. The van der Waals surface area contributed by atoms with Crippen molar-refractivity contribution in [2.45, 2.75) is 25.4 Å². The van der Waals surface area contributed by atoms with Crippen LogP contribution in [0.2, 0.25) is 0 Å². The van der Waals surface area contributed by atoms with Gasteiger partial charge in [-0.3, -0.25) is 8.98 Å². The fraction of sp³-hybridized carbons (Fsp3) is 0.667. The predicted octanol–water partition coefficient (Wildman–Crippen LogP) is 0.349. The van der Waals surface area contributed by atoms with E-state index in [1.54, 1.807) is 6.08 Å². The molecule has 84 valence electrons. The Morgan fingerprint density at radius 3 is 2.60 bits per heavy atom. The fourth-order valence-corrected chi connectivity index (χ4v) is 2.34. The van der Waals surface area contributed by atoms with Crippen molar-refractivity contribution < 1.29 is 17.4 Å². The van der Waals surface area contributed by atoms with E-state index in [0.717, 1.165) is 12.8 Å². The van der Waals surface area contributed by atoms with Crippen LogP contribution in [0, 0.1) is 11.8 Å². The Bertz CT molecular complexity index is 385. The summed E-state index contributed by atoms with van der Waals surface area (Å²) in [6.45, 7) is 3.55. The molecule has 0 bridgehead atoms. The zero-order valence-corrected chi connectivity index (χ0v) is 9.00. The van der Waals surface area contributed by atoms with Crippen LogP contribution in [0.4, 0.5) is 0 Å². The molecule has 2 atom stereocenters. The van der Waals surface area contributed by atoms with Crippen LogP contribution < -0.4 is 4.72 Å². The number of hydrogen-bond donors (Lipinski definition) is 1. The molecule has 2 aliphatic carbocycles. The van der Waals surface area contributed by atoms with Gasteiger partial charge in [-0.05, 0) is 25.2 Å². The molecule has 0 aliphatic heterocycles. The highest BCUT2D eigenvalue weighted by atomic mass is 32.2. The lowest BCUT2D eigenvalue weighted by molar-refractivity contribution is -0.120. The molecule has 0 saturated heterocycles. The number of nitrogens with one attached hydrogen (secondary N) is 1. The van der Waals surface area contributed by atoms with Crippen LogP contribution in [0.15, 0.2) is 12.7 Å². The van der Waals surface area contributed by atoms with E-state index < -0.39 is 16.2 Å². The molecule has 0 unspecified atom stereocenters. The number of carbonyl (C=O) groups is 1. The molecule has 0 aromatic carbocycles. The second-order valence-corrected chi connectivity index (χ2v) is 5.26. The number of amides is 1. The Kier molecular flexibility index (Phi) is 2.56. The summed E-state index contributed by atoms with van der Waals surface area (Å²) in [4.78, 5) is 11.4. The van der Waals surface area contributed by atoms with Gasteiger partial charge >= 0.3 is 10.3 Å². The van der Waals surface area contributed by atoms with Crippen molar-refractivity contribution in [1.82, 2.24) is 4.72 Å². The first-order valence-electron chi connectivity index (χ1n) is 4.89. The summed E-state index contributed by atoms with van der Waals surface area (Å²) in [6.07, 6.45) is 3.60. The molecular weight excluding hydrogens is 218 g/mol. The highest BCUT2D eigenvalue weighted by Gasteiger charge is 2.42. The van der Waals surface area contributed by atoms with Crippen molar-refractivity contribution in [2.24, 2.45) is 11.8 Å². The minimum absolute atomic E-state index is 0.112. The lowest BCUT2D eigenvalue weighted by Crippen LogP contribution is -2.34. The molecule has 0 spiro atoms. The Morgan fingerprint density at radius 2 is 2.13 bits per heavy atom. The van der Waals surface area contributed by atoms with Gasteiger partial charge in [-0.2, -0.15) is 8.42 Å². The Hall–Kier alpha value is -0.880. The second-order valence-electron chi connectivity index (χ2n) is 3.96. The van der Waals surface area contributed by atoms with Gasteiger partial charge in [-0.15, -0.1) is 6.58 Å². The quantitative estimate of drug-likeness (QED) is 0.693. The summed E-state index contributed by atoms with van der Waals surface area (Å²) >= 11 is 0. The van der Waals surface area contributed by atoms with E-state index in [-0.39, 0.29) is 17.9 Å². The molecule has 2 aliphatic rings. The third-order valence-electron chi connectivity index (χ3n) is 2.49. The summed E-state index contributed by atoms with van der Waals surface area (Å²) in [5.74, 6) is -0.623. The second kappa shape index (κ2) is 3.61.